The summed E-state index contributed by atoms with van der Waals surface area (Å²) >= 11 is 0. The van der Waals surface area contributed by atoms with Crippen LogP contribution in [0.5, 0.6) is 5.75 Å². The van der Waals surface area contributed by atoms with Crippen molar-refractivity contribution in [1.82, 2.24) is 20.3 Å². The Labute approximate surface area is 113 Å². The summed E-state index contributed by atoms with van der Waals surface area (Å²) in [6.07, 6.45) is 4.51. The number of phenols is 1. The van der Waals surface area contributed by atoms with Gasteiger partial charge in [0.05, 0.1) is 6.20 Å². The number of aromatic nitrogens is 3. The number of nitrogens with zero attached hydrogens (tertiary/aromatic N) is 3. The Bertz CT molecular complexity index is 510. The van der Waals surface area contributed by atoms with Crippen molar-refractivity contribution in [3.8, 4) is 5.75 Å². The zero-order valence-corrected chi connectivity index (χ0v) is 11.4. The summed E-state index contributed by atoms with van der Waals surface area (Å²) in [5.41, 5.74) is 2.01. The molecule has 0 spiro atoms. The van der Waals surface area contributed by atoms with Crippen molar-refractivity contribution in [2.45, 2.75) is 32.9 Å². The highest BCUT2D eigenvalue weighted by molar-refractivity contribution is 5.37. The van der Waals surface area contributed by atoms with Gasteiger partial charge in [0.2, 0.25) is 0 Å². The van der Waals surface area contributed by atoms with Crippen LogP contribution in [0.2, 0.25) is 0 Å². The first-order valence-corrected chi connectivity index (χ1v) is 6.54. The minimum absolute atomic E-state index is 0.136. The molecular formula is C14H20N4O. The molecule has 2 N–H and O–H groups in total. The molecule has 5 heteroatoms. The molecule has 0 aliphatic heterocycles. The van der Waals surface area contributed by atoms with Crippen molar-refractivity contribution in [3.05, 3.63) is 41.7 Å². The van der Waals surface area contributed by atoms with Crippen molar-refractivity contribution >= 4 is 0 Å². The van der Waals surface area contributed by atoms with Gasteiger partial charge < -0.3 is 10.4 Å². The van der Waals surface area contributed by atoms with Gasteiger partial charge in [-0.2, -0.15) is 0 Å². The lowest BCUT2D eigenvalue weighted by Gasteiger charge is -2.16. The fraction of sp³-hybridized carbons (Fsp3) is 0.429. The van der Waals surface area contributed by atoms with Gasteiger partial charge in [-0.1, -0.05) is 17.3 Å². The van der Waals surface area contributed by atoms with Crippen LogP contribution in [0.4, 0.5) is 0 Å². The summed E-state index contributed by atoms with van der Waals surface area (Å²) in [5, 5.41) is 21.0. The molecular weight excluding hydrogens is 240 g/mol. The molecule has 2 aromatic rings. The van der Waals surface area contributed by atoms with E-state index in [-0.39, 0.29) is 6.04 Å². The van der Waals surface area contributed by atoms with Gasteiger partial charge in [-0.05, 0) is 38.4 Å². The van der Waals surface area contributed by atoms with E-state index in [0.717, 1.165) is 30.6 Å². The number of phenolic OH excluding ortho intramolecular Hbond substituents is 1. The summed E-state index contributed by atoms with van der Waals surface area (Å²) in [5.74, 6) is 0.358. The predicted molar refractivity (Wildman–Crippen MR) is 73.9 cm³/mol. The Morgan fingerprint density at radius 2 is 2.26 bits per heavy atom. The van der Waals surface area contributed by atoms with Crippen molar-refractivity contribution in [2.75, 3.05) is 6.54 Å². The molecule has 0 bridgehead atoms. The molecule has 1 aromatic carbocycles. The van der Waals surface area contributed by atoms with E-state index in [2.05, 4.69) is 22.6 Å². The zero-order valence-electron chi connectivity index (χ0n) is 11.4. The lowest BCUT2D eigenvalue weighted by atomic mass is 10.1. The quantitative estimate of drug-likeness (QED) is 0.780. The molecule has 0 saturated carbocycles. The molecule has 0 aliphatic carbocycles. The number of hydrogen-bond acceptors (Lipinski definition) is 4. The molecule has 1 heterocycles. The molecule has 1 atom stereocenters. The Kier molecular flexibility index (Phi) is 4.52. The second kappa shape index (κ2) is 6.33. The topological polar surface area (TPSA) is 63.0 Å². The number of aromatic hydroxyl groups is 1. The molecule has 1 aromatic heterocycles. The molecule has 1 unspecified atom stereocenters. The van der Waals surface area contributed by atoms with E-state index < -0.39 is 0 Å². The predicted octanol–water partition coefficient (Wildman–Crippen LogP) is 2.03. The lowest BCUT2D eigenvalue weighted by molar-refractivity contribution is 0.446. The van der Waals surface area contributed by atoms with Gasteiger partial charge in [-0.15, -0.1) is 5.10 Å². The highest BCUT2D eigenvalue weighted by Gasteiger charge is 2.09. The first-order valence-electron chi connectivity index (χ1n) is 6.54. The molecule has 0 amide bonds. The molecule has 0 radical (unpaired) electrons. The third-order valence-electron chi connectivity index (χ3n) is 3.14. The lowest BCUT2D eigenvalue weighted by Crippen LogP contribution is -2.21. The molecule has 5 nitrogen and oxygen atoms in total. The molecule has 102 valence electrons. The maximum Gasteiger partial charge on any atom is 0.120 e. The maximum absolute atomic E-state index is 9.91. The van der Waals surface area contributed by atoms with E-state index >= 15 is 0 Å². The fourth-order valence-corrected chi connectivity index (χ4v) is 2.04. The van der Waals surface area contributed by atoms with Crippen LogP contribution < -0.4 is 5.32 Å². The minimum atomic E-state index is 0.136. The smallest absolute Gasteiger partial charge is 0.120 e. The average Bonchev–Trinajstić information content (AvgIpc) is 2.87. The maximum atomic E-state index is 9.91. The van der Waals surface area contributed by atoms with Crippen LogP contribution in [0, 0.1) is 6.92 Å². The van der Waals surface area contributed by atoms with Crippen LogP contribution in [0.3, 0.4) is 0 Å². The van der Waals surface area contributed by atoms with Gasteiger partial charge in [0.1, 0.15) is 5.75 Å². The Balaban J connectivity index is 1.79. The largest absolute Gasteiger partial charge is 0.508 e. The molecule has 2 rings (SSSR count). The first kappa shape index (κ1) is 13.5. The van der Waals surface area contributed by atoms with Crippen molar-refractivity contribution in [3.63, 3.8) is 0 Å². The van der Waals surface area contributed by atoms with Crippen LogP contribution in [-0.2, 0) is 6.54 Å². The molecule has 0 fully saturated rings. The van der Waals surface area contributed by atoms with Crippen molar-refractivity contribution in [1.29, 1.82) is 0 Å². The van der Waals surface area contributed by atoms with Gasteiger partial charge in [0, 0.05) is 24.3 Å². The van der Waals surface area contributed by atoms with E-state index in [4.69, 9.17) is 0 Å². The summed E-state index contributed by atoms with van der Waals surface area (Å²) in [6, 6.07) is 5.92. The fourth-order valence-electron chi connectivity index (χ4n) is 2.04. The third kappa shape index (κ3) is 3.79. The Hall–Kier alpha value is -1.88. The van der Waals surface area contributed by atoms with Gasteiger partial charge >= 0.3 is 0 Å². The van der Waals surface area contributed by atoms with Gasteiger partial charge in [-0.3, -0.25) is 4.68 Å². The summed E-state index contributed by atoms with van der Waals surface area (Å²) in [6.45, 7) is 5.74. The Morgan fingerprint density at radius 1 is 1.42 bits per heavy atom. The first-order chi connectivity index (χ1) is 9.16. The number of rotatable bonds is 6. The second-order valence-corrected chi connectivity index (χ2v) is 4.76. The van der Waals surface area contributed by atoms with Crippen LogP contribution in [-0.4, -0.2) is 26.6 Å². The van der Waals surface area contributed by atoms with E-state index in [9.17, 15) is 5.11 Å². The van der Waals surface area contributed by atoms with Crippen LogP contribution in [0.25, 0.3) is 0 Å². The molecule has 0 aliphatic rings. The minimum Gasteiger partial charge on any atom is -0.508 e. The van der Waals surface area contributed by atoms with Crippen LogP contribution in [0.1, 0.15) is 30.5 Å². The second-order valence-electron chi connectivity index (χ2n) is 4.76. The van der Waals surface area contributed by atoms with Crippen LogP contribution >= 0.6 is 0 Å². The van der Waals surface area contributed by atoms with E-state index in [1.807, 2.05) is 29.9 Å². The number of aryl methyl sites for hydroxylation is 2. The molecule has 0 saturated heterocycles. The number of hydrogen-bond donors (Lipinski definition) is 2. The summed E-state index contributed by atoms with van der Waals surface area (Å²) in [7, 11) is 0. The van der Waals surface area contributed by atoms with Crippen molar-refractivity contribution in [2.24, 2.45) is 0 Å². The van der Waals surface area contributed by atoms with E-state index in [1.54, 1.807) is 12.3 Å². The molecule has 19 heavy (non-hydrogen) atoms. The normalized spacial score (nSPS) is 12.5. The van der Waals surface area contributed by atoms with Gasteiger partial charge in [0.15, 0.2) is 0 Å². The Morgan fingerprint density at radius 3 is 2.95 bits per heavy atom. The number of nitrogens with one attached hydrogen (secondary N) is 1. The van der Waals surface area contributed by atoms with Crippen LogP contribution in [0.15, 0.2) is 30.6 Å². The summed E-state index contributed by atoms with van der Waals surface area (Å²) in [4.78, 5) is 0. The summed E-state index contributed by atoms with van der Waals surface area (Å²) < 4.78 is 1.82. The highest BCUT2D eigenvalue weighted by Crippen LogP contribution is 2.24. The van der Waals surface area contributed by atoms with Gasteiger partial charge in [0.25, 0.3) is 0 Å². The van der Waals surface area contributed by atoms with Crippen molar-refractivity contribution < 1.29 is 5.11 Å². The average molecular weight is 260 g/mol. The monoisotopic (exact) mass is 260 g/mol. The van der Waals surface area contributed by atoms with E-state index in [1.165, 1.54) is 0 Å². The standard InChI is InChI=1S/C14H20N4O/c1-11-4-5-13(14(19)10-11)12(2)15-6-3-8-18-9-7-16-17-18/h4-5,7,9-10,12,15,19H,3,6,8H2,1-2H3. The van der Waals surface area contributed by atoms with Gasteiger partial charge in [-0.25, -0.2) is 0 Å². The van der Waals surface area contributed by atoms with E-state index in [0.29, 0.717) is 5.75 Å². The number of benzene rings is 1. The zero-order chi connectivity index (χ0) is 13.7. The highest BCUT2D eigenvalue weighted by atomic mass is 16.3. The third-order valence-corrected chi connectivity index (χ3v) is 3.14. The SMILES string of the molecule is Cc1ccc(C(C)NCCCn2ccnn2)c(O)c1.